The van der Waals surface area contributed by atoms with Gasteiger partial charge in [0.2, 0.25) is 0 Å². The Morgan fingerprint density at radius 3 is 2.93 bits per heavy atom. The van der Waals surface area contributed by atoms with Crippen molar-refractivity contribution in [2.45, 2.75) is 89.4 Å². The molecule has 1 aromatic rings. The van der Waals surface area contributed by atoms with Gasteiger partial charge in [-0.1, -0.05) is 6.42 Å². The van der Waals surface area contributed by atoms with Crippen molar-refractivity contribution < 1.29 is 0 Å². The smallest absolute Gasteiger partial charge is 0.191 e. The van der Waals surface area contributed by atoms with Gasteiger partial charge in [-0.05, 0) is 45.4 Å². The number of aryl methyl sites for hydroxylation is 2. The standard InChI is InChI=1S/C20H35N7/c1-15-13-16(14-27(15)17-9-10-17)23-20(21-2)22-11-6-8-19-25-24-18-7-4-3-5-12-26(18)19/h15-17H,3-14H2,1-2H3,(H2,21,22,23). The molecule has 2 atom stereocenters. The lowest BCUT2D eigenvalue weighted by molar-refractivity contribution is 0.256. The molecule has 2 aliphatic heterocycles. The van der Waals surface area contributed by atoms with Gasteiger partial charge in [-0.2, -0.15) is 0 Å². The van der Waals surface area contributed by atoms with E-state index in [1.54, 1.807) is 0 Å². The maximum absolute atomic E-state index is 4.43. The van der Waals surface area contributed by atoms with Gasteiger partial charge >= 0.3 is 0 Å². The first kappa shape index (κ1) is 18.7. The van der Waals surface area contributed by atoms with Crippen molar-refractivity contribution >= 4 is 5.96 Å². The number of likely N-dealkylation sites (tertiary alicyclic amines) is 1. The molecule has 1 saturated heterocycles. The van der Waals surface area contributed by atoms with Crippen molar-refractivity contribution in [1.82, 2.24) is 30.3 Å². The van der Waals surface area contributed by atoms with Gasteiger partial charge in [-0.3, -0.25) is 9.89 Å². The average molecular weight is 374 g/mol. The summed E-state index contributed by atoms with van der Waals surface area (Å²) in [6.07, 6.45) is 10.9. The second-order valence-electron chi connectivity index (χ2n) is 8.45. The zero-order chi connectivity index (χ0) is 18.6. The van der Waals surface area contributed by atoms with Crippen LogP contribution in [0.2, 0.25) is 0 Å². The maximum Gasteiger partial charge on any atom is 0.191 e. The van der Waals surface area contributed by atoms with E-state index in [9.17, 15) is 0 Å². The van der Waals surface area contributed by atoms with E-state index in [-0.39, 0.29) is 0 Å². The van der Waals surface area contributed by atoms with Crippen LogP contribution < -0.4 is 10.6 Å². The Morgan fingerprint density at radius 1 is 1.22 bits per heavy atom. The van der Waals surface area contributed by atoms with E-state index in [2.05, 4.69) is 42.2 Å². The van der Waals surface area contributed by atoms with Crippen LogP contribution in [-0.2, 0) is 19.4 Å². The van der Waals surface area contributed by atoms with E-state index in [4.69, 9.17) is 0 Å². The van der Waals surface area contributed by atoms with E-state index >= 15 is 0 Å². The highest BCUT2D eigenvalue weighted by Crippen LogP contribution is 2.33. The van der Waals surface area contributed by atoms with Crippen molar-refractivity contribution in [2.75, 3.05) is 20.1 Å². The minimum Gasteiger partial charge on any atom is -0.356 e. The third kappa shape index (κ3) is 4.62. The summed E-state index contributed by atoms with van der Waals surface area (Å²) in [7, 11) is 1.87. The lowest BCUT2D eigenvalue weighted by atomic mass is 10.2. The molecule has 150 valence electrons. The van der Waals surface area contributed by atoms with Crippen molar-refractivity contribution in [3.05, 3.63) is 11.6 Å². The highest BCUT2D eigenvalue weighted by Gasteiger charge is 2.38. The summed E-state index contributed by atoms with van der Waals surface area (Å²) < 4.78 is 2.35. The monoisotopic (exact) mass is 373 g/mol. The summed E-state index contributed by atoms with van der Waals surface area (Å²) in [5.41, 5.74) is 0. The van der Waals surface area contributed by atoms with Crippen LogP contribution in [0.15, 0.2) is 4.99 Å². The Balaban J connectivity index is 1.20. The second-order valence-corrected chi connectivity index (χ2v) is 8.45. The van der Waals surface area contributed by atoms with E-state index in [1.807, 2.05) is 7.05 Å². The zero-order valence-electron chi connectivity index (χ0n) is 17.0. The van der Waals surface area contributed by atoms with Crippen molar-refractivity contribution in [1.29, 1.82) is 0 Å². The summed E-state index contributed by atoms with van der Waals surface area (Å²) in [5.74, 6) is 3.27. The topological polar surface area (TPSA) is 70.4 Å². The number of nitrogens with one attached hydrogen (secondary N) is 2. The third-order valence-corrected chi connectivity index (χ3v) is 6.26. The zero-order valence-corrected chi connectivity index (χ0v) is 17.0. The molecule has 2 fully saturated rings. The van der Waals surface area contributed by atoms with E-state index in [0.717, 1.165) is 56.7 Å². The average Bonchev–Trinajstić information content (AvgIpc) is 3.40. The van der Waals surface area contributed by atoms with E-state index in [1.165, 1.54) is 44.3 Å². The molecule has 4 rings (SSSR count). The van der Waals surface area contributed by atoms with Gasteiger partial charge in [0.1, 0.15) is 11.6 Å². The van der Waals surface area contributed by atoms with Crippen molar-refractivity contribution in [3.63, 3.8) is 0 Å². The number of hydrogen-bond donors (Lipinski definition) is 2. The summed E-state index contributed by atoms with van der Waals surface area (Å²) in [4.78, 5) is 7.09. The number of aliphatic imine (C=N–C) groups is 1. The highest BCUT2D eigenvalue weighted by atomic mass is 15.3. The molecule has 7 nitrogen and oxygen atoms in total. The maximum atomic E-state index is 4.43. The first-order chi connectivity index (χ1) is 13.2. The number of fused-ring (bicyclic) bond motifs is 1. The first-order valence-corrected chi connectivity index (χ1v) is 10.9. The Bertz CT molecular complexity index is 649. The van der Waals surface area contributed by atoms with Crippen molar-refractivity contribution in [3.8, 4) is 0 Å². The first-order valence-electron chi connectivity index (χ1n) is 10.9. The predicted octanol–water partition coefficient (Wildman–Crippen LogP) is 1.73. The van der Waals surface area contributed by atoms with Crippen molar-refractivity contribution in [2.24, 2.45) is 4.99 Å². The van der Waals surface area contributed by atoms with Crippen LogP contribution in [0.5, 0.6) is 0 Å². The lowest BCUT2D eigenvalue weighted by Gasteiger charge is -2.20. The Labute approximate surface area is 163 Å². The minimum absolute atomic E-state index is 0.513. The predicted molar refractivity (Wildman–Crippen MR) is 108 cm³/mol. The Morgan fingerprint density at radius 2 is 2.11 bits per heavy atom. The number of rotatable bonds is 6. The Hall–Kier alpha value is -1.63. The molecular formula is C20H35N7. The summed E-state index contributed by atoms with van der Waals surface area (Å²) in [6, 6.07) is 2.05. The van der Waals surface area contributed by atoms with Gasteiger partial charge in [0, 0.05) is 57.6 Å². The van der Waals surface area contributed by atoms with Gasteiger partial charge in [0.25, 0.3) is 0 Å². The quantitative estimate of drug-likeness (QED) is 0.451. The molecule has 1 aromatic heterocycles. The SMILES string of the molecule is CN=C(NCCCc1nnc2n1CCCCC2)NC1CC(C)N(C2CC2)C1. The second kappa shape index (κ2) is 8.59. The van der Waals surface area contributed by atoms with Crippen LogP contribution in [0.1, 0.15) is 63.5 Å². The fraction of sp³-hybridized carbons (Fsp3) is 0.850. The summed E-state index contributed by atoms with van der Waals surface area (Å²) in [5, 5.41) is 15.9. The number of hydrogen-bond acceptors (Lipinski definition) is 4. The van der Waals surface area contributed by atoms with E-state index in [0.29, 0.717) is 12.1 Å². The van der Waals surface area contributed by atoms with Gasteiger partial charge in [0.15, 0.2) is 5.96 Å². The van der Waals surface area contributed by atoms with Crippen LogP contribution in [0.3, 0.4) is 0 Å². The molecule has 0 radical (unpaired) electrons. The molecule has 2 unspecified atom stereocenters. The molecule has 0 aromatic carbocycles. The number of nitrogens with zero attached hydrogens (tertiary/aromatic N) is 5. The number of guanidine groups is 1. The highest BCUT2D eigenvalue weighted by molar-refractivity contribution is 5.80. The van der Waals surface area contributed by atoms with Crippen LogP contribution in [0.4, 0.5) is 0 Å². The molecule has 27 heavy (non-hydrogen) atoms. The molecule has 0 spiro atoms. The molecule has 7 heteroatoms. The number of aromatic nitrogens is 3. The fourth-order valence-corrected chi connectivity index (χ4v) is 4.65. The summed E-state index contributed by atoms with van der Waals surface area (Å²) in [6.45, 7) is 5.51. The van der Waals surface area contributed by atoms with Crippen LogP contribution in [0, 0.1) is 0 Å². The largest absolute Gasteiger partial charge is 0.356 e. The molecule has 0 amide bonds. The molecule has 1 saturated carbocycles. The fourth-order valence-electron chi connectivity index (χ4n) is 4.65. The van der Waals surface area contributed by atoms with Gasteiger partial charge in [0.05, 0.1) is 0 Å². The molecule has 0 bridgehead atoms. The molecule has 3 aliphatic rings. The summed E-state index contributed by atoms with van der Waals surface area (Å²) >= 11 is 0. The van der Waals surface area contributed by atoms with Crippen LogP contribution in [-0.4, -0.2) is 63.9 Å². The molecule has 1 aliphatic carbocycles. The third-order valence-electron chi connectivity index (χ3n) is 6.26. The van der Waals surface area contributed by atoms with Gasteiger partial charge in [-0.25, -0.2) is 0 Å². The molecular weight excluding hydrogens is 338 g/mol. The molecule has 3 heterocycles. The van der Waals surface area contributed by atoms with Crippen LogP contribution >= 0.6 is 0 Å². The van der Waals surface area contributed by atoms with Gasteiger partial charge in [-0.15, -0.1) is 10.2 Å². The minimum atomic E-state index is 0.513. The molecule has 2 N–H and O–H groups in total. The van der Waals surface area contributed by atoms with Crippen LogP contribution in [0.25, 0.3) is 0 Å². The Kier molecular flexibility index (Phi) is 5.95. The normalized spacial score (nSPS) is 26.7. The lowest BCUT2D eigenvalue weighted by Crippen LogP contribution is -2.45. The van der Waals surface area contributed by atoms with E-state index < -0.39 is 0 Å². The van der Waals surface area contributed by atoms with Gasteiger partial charge < -0.3 is 15.2 Å².